The lowest BCUT2D eigenvalue weighted by molar-refractivity contribution is -0.136. The standard InChI is InChI=1S/C15H18N2O2S/c18-14-7-11(9-17(14)12-1-2-12)15(19)16-5-3-13-10(8-16)4-6-20-13/h4,6,11-12H,1-3,5,7-9H2/t11-/m0/s1. The van der Waals surface area contributed by atoms with Gasteiger partial charge in [0.15, 0.2) is 0 Å². The molecule has 3 aliphatic rings. The second kappa shape index (κ2) is 4.58. The SMILES string of the molecule is O=C([C@H]1CC(=O)N(C2CC2)C1)N1CCc2sccc2C1. The number of hydrogen-bond donors (Lipinski definition) is 0. The summed E-state index contributed by atoms with van der Waals surface area (Å²) in [6.45, 7) is 2.18. The number of likely N-dealkylation sites (tertiary alicyclic amines) is 1. The van der Waals surface area contributed by atoms with Crippen molar-refractivity contribution in [1.29, 1.82) is 0 Å². The highest BCUT2D eigenvalue weighted by Crippen LogP contribution is 2.34. The minimum atomic E-state index is -0.108. The van der Waals surface area contributed by atoms with E-state index >= 15 is 0 Å². The lowest BCUT2D eigenvalue weighted by Crippen LogP contribution is -2.40. The van der Waals surface area contributed by atoms with E-state index in [2.05, 4.69) is 11.4 Å². The van der Waals surface area contributed by atoms with E-state index in [1.807, 2.05) is 9.80 Å². The molecule has 2 fully saturated rings. The molecule has 0 aromatic carbocycles. The first kappa shape index (κ1) is 12.4. The van der Waals surface area contributed by atoms with Crippen molar-refractivity contribution in [2.24, 2.45) is 5.92 Å². The number of hydrogen-bond acceptors (Lipinski definition) is 3. The van der Waals surface area contributed by atoms with Gasteiger partial charge in [-0.1, -0.05) is 0 Å². The third-order valence-corrected chi connectivity index (χ3v) is 5.64. The monoisotopic (exact) mass is 290 g/mol. The molecule has 106 valence electrons. The Balaban J connectivity index is 1.45. The molecule has 0 spiro atoms. The molecule has 0 radical (unpaired) electrons. The maximum atomic E-state index is 12.6. The zero-order chi connectivity index (χ0) is 13.7. The van der Waals surface area contributed by atoms with Gasteiger partial charge in [-0.3, -0.25) is 9.59 Å². The lowest BCUT2D eigenvalue weighted by Gasteiger charge is -2.29. The van der Waals surface area contributed by atoms with E-state index in [0.29, 0.717) is 19.0 Å². The summed E-state index contributed by atoms with van der Waals surface area (Å²) < 4.78 is 0. The van der Waals surface area contributed by atoms with Gasteiger partial charge in [0.05, 0.1) is 5.92 Å². The molecule has 1 saturated heterocycles. The van der Waals surface area contributed by atoms with Crippen LogP contribution in [0, 0.1) is 5.92 Å². The summed E-state index contributed by atoms with van der Waals surface area (Å²) in [6.07, 6.45) is 3.62. The van der Waals surface area contributed by atoms with E-state index in [-0.39, 0.29) is 17.7 Å². The molecule has 2 amide bonds. The van der Waals surface area contributed by atoms with Crippen LogP contribution < -0.4 is 0 Å². The molecular weight excluding hydrogens is 272 g/mol. The Morgan fingerprint density at radius 3 is 3.00 bits per heavy atom. The van der Waals surface area contributed by atoms with Gasteiger partial charge in [-0.25, -0.2) is 0 Å². The fourth-order valence-electron chi connectivity index (χ4n) is 3.33. The molecule has 2 aliphatic heterocycles. The summed E-state index contributed by atoms with van der Waals surface area (Å²) in [5.74, 6) is 0.251. The topological polar surface area (TPSA) is 40.6 Å². The number of nitrogens with zero attached hydrogens (tertiary/aromatic N) is 2. The lowest BCUT2D eigenvalue weighted by atomic mass is 10.0. The average molecular weight is 290 g/mol. The van der Waals surface area contributed by atoms with E-state index < -0.39 is 0 Å². The first-order chi connectivity index (χ1) is 9.72. The summed E-state index contributed by atoms with van der Waals surface area (Å²) in [5, 5.41) is 2.10. The van der Waals surface area contributed by atoms with E-state index in [1.54, 1.807) is 11.3 Å². The minimum Gasteiger partial charge on any atom is -0.339 e. The molecule has 20 heavy (non-hydrogen) atoms. The molecule has 1 atom stereocenters. The fraction of sp³-hybridized carbons (Fsp3) is 0.600. The van der Waals surface area contributed by atoms with Crippen LogP contribution in [0.4, 0.5) is 0 Å². The molecule has 1 aliphatic carbocycles. The molecule has 0 bridgehead atoms. The zero-order valence-corrected chi connectivity index (χ0v) is 12.2. The molecule has 4 rings (SSSR count). The largest absolute Gasteiger partial charge is 0.339 e. The van der Waals surface area contributed by atoms with Crippen LogP contribution in [-0.2, 0) is 22.6 Å². The van der Waals surface area contributed by atoms with E-state index in [0.717, 1.165) is 32.4 Å². The predicted molar refractivity (Wildman–Crippen MR) is 76.3 cm³/mol. The number of carbonyl (C=O) groups excluding carboxylic acids is 2. The molecule has 3 heterocycles. The average Bonchev–Trinajstić information content (AvgIpc) is 3.06. The Morgan fingerprint density at radius 2 is 2.20 bits per heavy atom. The van der Waals surface area contributed by atoms with Gasteiger partial charge in [0.1, 0.15) is 0 Å². The quantitative estimate of drug-likeness (QED) is 0.831. The number of amides is 2. The second-order valence-corrected chi connectivity index (χ2v) is 7.06. The smallest absolute Gasteiger partial charge is 0.228 e. The first-order valence-electron chi connectivity index (χ1n) is 7.36. The van der Waals surface area contributed by atoms with Crippen LogP contribution >= 0.6 is 11.3 Å². The second-order valence-electron chi connectivity index (χ2n) is 6.06. The Bertz CT molecular complexity index is 564. The third-order valence-electron chi connectivity index (χ3n) is 4.61. The van der Waals surface area contributed by atoms with Crippen molar-refractivity contribution >= 4 is 23.2 Å². The van der Waals surface area contributed by atoms with Gasteiger partial charge in [-0.15, -0.1) is 11.3 Å². The normalized spacial score (nSPS) is 26.0. The van der Waals surface area contributed by atoms with Crippen LogP contribution in [0.2, 0.25) is 0 Å². The number of carbonyl (C=O) groups is 2. The number of fused-ring (bicyclic) bond motifs is 1. The van der Waals surface area contributed by atoms with Crippen molar-refractivity contribution < 1.29 is 9.59 Å². The van der Waals surface area contributed by atoms with E-state index in [4.69, 9.17) is 0 Å². The van der Waals surface area contributed by atoms with Crippen LogP contribution in [0.15, 0.2) is 11.4 Å². The van der Waals surface area contributed by atoms with Crippen molar-refractivity contribution in [2.45, 2.75) is 38.3 Å². The third kappa shape index (κ3) is 2.04. The molecule has 0 unspecified atom stereocenters. The molecule has 1 aromatic rings. The van der Waals surface area contributed by atoms with Gasteiger partial charge in [-0.05, 0) is 36.3 Å². The Morgan fingerprint density at radius 1 is 1.35 bits per heavy atom. The van der Waals surface area contributed by atoms with Gasteiger partial charge < -0.3 is 9.80 Å². The highest BCUT2D eigenvalue weighted by atomic mass is 32.1. The fourth-order valence-corrected chi connectivity index (χ4v) is 4.22. The minimum absolute atomic E-state index is 0.108. The summed E-state index contributed by atoms with van der Waals surface area (Å²) in [6, 6.07) is 2.56. The van der Waals surface area contributed by atoms with E-state index in [9.17, 15) is 9.59 Å². The van der Waals surface area contributed by atoms with Crippen molar-refractivity contribution in [1.82, 2.24) is 9.80 Å². The Hall–Kier alpha value is -1.36. The highest BCUT2D eigenvalue weighted by Gasteiger charge is 2.43. The number of thiophene rings is 1. The van der Waals surface area contributed by atoms with Gasteiger partial charge in [0.2, 0.25) is 11.8 Å². The van der Waals surface area contributed by atoms with E-state index in [1.165, 1.54) is 10.4 Å². The maximum absolute atomic E-state index is 12.6. The molecule has 4 nitrogen and oxygen atoms in total. The molecule has 1 saturated carbocycles. The molecule has 5 heteroatoms. The van der Waals surface area contributed by atoms with Crippen LogP contribution in [0.5, 0.6) is 0 Å². The van der Waals surface area contributed by atoms with Crippen molar-refractivity contribution in [3.05, 3.63) is 21.9 Å². The van der Waals surface area contributed by atoms with Crippen LogP contribution in [0.25, 0.3) is 0 Å². The molecule has 0 N–H and O–H groups in total. The summed E-state index contributed by atoms with van der Waals surface area (Å²) >= 11 is 1.78. The predicted octanol–water partition coefficient (Wildman–Crippen LogP) is 1.64. The maximum Gasteiger partial charge on any atom is 0.228 e. The molecular formula is C15H18N2O2S. The molecule has 1 aromatic heterocycles. The van der Waals surface area contributed by atoms with Crippen LogP contribution in [0.1, 0.15) is 29.7 Å². The number of rotatable bonds is 2. The van der Waals surface area contributed by atoms with Crippen molar-refractivity contribution in [3.63, 3.8) is 0 Å². The summed E-state index contributed by atoms with van der Waals surface area (Å²) in [5.41, 5.74) is 1.29. The zero-order valence-electron chi connectivity index (χ0n) is 11.4. The van der Waals surface area contributed by atoms with Crippen LogP contribution in [0.3, 0.4) is 0 Å². The highest BCUT2D eigenvalue weighted by molar-refractivity contribution is 7.10. The Labute approximate surface area is 122 Å². The van der Waals surface area contributed by atoms with Crippen molar-refractivity contribution in [2.75, 3.05) is 13.1 Å². The van der Waals surface area contributed by atoms with Gasteiger partial charge >= 0.3 is 0 Å². The first-order valence-corrected chi connectivity index (χ1v) is 8.24. The Kier molecular flexibility index (Phi) is 2.84. The van der Waals surface area contributed by atoms with Crippen LogP contribution in [-0.4, -0.2) is 40.7 Å². The van der Waals surface area contributed by atoms with Gasteiger partial charge in [0, 0.05) is 37.0 Å². The summed E-state index contributed by atoms with van der Waals surface area (Å²) in [4.78, 5) is 29.9. The van der Waals surface area contributed by atoms with Gasteiger partial charge in [-0.2, -0.15) is 0 Å². The summed E-state index contributed by atoms with van der Waals surface area (Å²) in [7, 11) is 0. The van der Waals surface area contributed by atoms with Crippen molar-refractivity contribution in [3.8, 4) is 0 Å². The van der Waals surface area contributed by atoms with Gasteiger partial charge in [0.25, 0.3) is 0 Å².